The van der Waals surface area contributed by atoms with Gasteiger partial charge in [-0.15, -0.1) is 0 Å². The van der Waals surface area contributed by atoms with Gasteiger partial charge in [-0.2, -0.15) is 0 Å². The van der Waals surface area contributed by atoms with Crippen LogP contribution in [-0.2, 0) is 19.7 Å². The molecule has 1 unspecified atom stereocenters. The van der Waals surface area contributed by atoms with Gasteiger partial charge in [-0.25, -0.2) is 12.8 Å². The van der Waals surface area contributed by atoms with Crippen molar-refractivity contribution in [3.63, 3.8) is 0 Å². The summed E-state index contributed by atoms with van der Waals surface area (Å²) < 4.78 is 44.8. The van der Waals surface area contributed by atoms with Crippen molar-refractivity contribution in [3.05, 3.63) is 29.6 Å². The van der Waals surface area contributed by atoms with Crippen LogP contribution in [-0.4, -0.2) is 30.2 Å². The molecule has 0 aromatic heterocycles. The Morgan fingerprint density at radius 1 is 1.48 bits per heavy atom. The number of ether oxygens (including phenoxy) is 1. The predicted molar refractivity (Wildman–Crippen MR) is 81.5 cm³/mol. The van der Waals surface area contributed by atoms with Crippen LogP contribution in [0.4, 0.5) is 4.39 Å². The van der Waals surface area contributed by atoms with Crippen molar-refractivity contribution in [2.45, 2.75) is 45.8 Å². The molecule has 1 heterocycles. The van der Waals surface area contributed by atoms with Crippen molar-refractivity contribution < 1.29 is 27.2 Å². The summed E-state index contributed by atoms with van der Waals surface area (Å²) in [4.78, 5) is 16.3. The Morgan fingerprint density at radius 3 is 2.70 bits per heavy atom. The SMILES string of the molecule is CCS(=O)(=O)N(OC(C)=O)C1CC(C)(C)Oc2ccc(F)cc21. The summed E-state index contributed by atoms with van der Waals surface area (Å²) in [5.74, 6) is -1.16. The van der Waals surface area contributed by atoms with Gasteiger partial charge in [0.2, 0.25) is 10.0 Å². The first kappa shape index (κ1) is 17.7. The lowest BCUT2D eigenvalue weighted by atomic mass is 9.90. The van der Waals surface area contributed by atoms with E-state index in [1.54, 1.807) is 13.8 Å². The molecule has 0 radical (unpaired) electrons. The van der Waals surface area contributed by atoms with Crippen LogP contribution in [0.3, 0.4) is 0 Å². The fourth-order valence-corrected chi connectivity index (χ4v) is 3.59. The van der Waals surface area contributed by atoms with Crippen LogP contribution in [0.15, 0.2) is 18.2 Å². The molecule has 8 heteroatoms. The summed E-state index contributed by atoms with van der Waals surface area (Å²) in [6.07, 6.45) is 0.218. The van der Waals surface area contributed by atoms with E-state index in [4.69, 9.17) is 9.57 Å². The summed E-state index contributed by atoms with van der Waals surface area (Å²) in [6, 6.07) is 3.04. The first-order valence-corrected chi connectivity index (χ1v) is 8.86. The highest BCUT2D eigenvalue weighted by molar-refractivity contribution is 7.88. The molecule has 0 fully saturated rings. The third kappa shape index (κ3) is 3.81. The standard InChI is InChI=1S/C15H20FNO5S/c1-5-23(19,20)17(22-10(2)18)13-9-15(3,4)21-14-7-6-11(16)8-12(13)14/h6-8,13H,5,9H2,1-4H3. The smallest absolute Gasteiger partial charge is 0.323 e. The van der Waals surface area contributed by atoms with Gasteiger partial charge in [0.05, 0.1) is 11.8 Å². The van der Waals surface area contributed by atoms with Gasteiger partial charge in [0, 0.05) is 18.9 Å². The molecule has 0 amide bonds. The highest BCUT2D eigenvalue weighted by atomic mass is 32.2. The molecule has 1 aromatic rings. The monoisotopic (exact) mass is 345 g/mol. The zero-order valence-electron chi connectivity index (χ0n) is 13.5. The minimum atomic E-state index is -3.85. The minimum Gasteiger partial charge on any atom is -0.487 e. The number of hydrogen-bond donors (Lipinski definition) is 0. The fraction of sp³-hybridized carbons (Fsp3) is 0.533. The maximum Gasteiger partial charge on any atom is 0.323 e. The number of benzene rings is 1. The second kappa shape index (κ2) is 6.09. The van der Waals surface area contributed by atoms with E-state index in [0.29, 0.717) is 15.8 Å². The summed E-state index contributed by atoms with van der Waals surface area (Å²) in [6.45, 7) is 6.14. The number of rotatable bonds is 4. The summed E-state index contributed by atoms with van der Waals surface area (Å²) in [5, 5.41) is 0. The van der Waals surface area contributed by atoms with Crippen LogP contribution >= 0.6 is 0 Å². The van der Waals surface area contributed by atoms with Crippen molar-refractivity contribution in [2.75, 3.05) is 5.75 Å². The number of hydroxylamine groups is 1. The van der Waals surface area contributed by atoms with Crippen LogP contribution in [0.2, 0.25) is 0 Å². The Kier molecular flexibility index (Phi) is 4.68. The van der Waals surface area contributed by atoms with Gasteiger partial charge < -0.3 is 9.57 Å². The molecule has 1 aliphatic heterocycles. The van der Waals surface area contributed by atoms with E-state index in [1.165, 1.54) is 25.1 Å². The van der Waals surface area contributed by atoms with Crippen LogP contribution in [0.25, 0.3) is 0 Å². The van der Waals surface area contributed by atoms with Gasteiger partial charge in [0.15, 0.2) is 0 Å². The Balaban J connectivity index is 2.58. The molecule has 0 saturated carbocycles. The van der Waals surface area contributed by atoms with Crippen molar-refractivity contribution in [3.8, 4) is 5.75 Å². The Morgan fingerprint density at radius 2 is 2.13 bits per heavy atom. The van der Waals surface area contributed by atoms with E-state index in [-0.39, 0.29) is 12.2 Å². The van der Waals surface area contributed by atoms with Crippen molar-refractivity contribution in [1.82, 2.24) is 4.47 Å². The maximum atomic E-state index is 13.6. The number of carbonyl (C=O) groups is 1. The average Bonchev–Trinajstić information content (AvgIpc) is 2.43. The quantitative estimate of drug-likeness (QED) is 0.784. The highest BCUT2D eigenvalue weighted by Crippen LogP contribution is 2.43. The molecule has 2 rings (SSSR count). The molecule has 6 nitrogen and oxygen atoms in total. The maximum absolute atomic E-state index is 13.6. The van der Waals surface area contributed by atoms with Gasteiger partial charge in [-0.1, -0.05) is 0 Å². The van der Waals surface area contributed by atoms with E-state index in [2.05, 4.69) is 0 Å². The number of carbonyl (C=O) groups excluding carboxylic acids is 1. The third-order valence-corrected chi connectivity index (χ3v) is 5.12. The summed E-state index contributed by atoms with van der Waals surface area (Å²) in [7, 11) is -3.85. The number of nitrogens with zero attached hydrogens (tertiary/aromatic N) is 1. The molecule has 1 atom stereocenters. The minimum absolute atomic E-state index is 0.218. The van der Waals surface area contributed by atoms with E-state index in [1.807, 2.05) is 0 Å². The zero-order chi connectivity index (χ0) is 17.4. The van der Waals surface area contributed by atoms with Crippen molar-refractivity contribution >= 4 is 16.0 Å². The van der Waals surface area contributed by atoms with Crippen LogP contribution in [0.5, 0.6) is 5.75 Å². The van der Waals surface area contributed by atoms with E-state index >= 15 is 0 Å². The van der Waals surface area contributed by atoms with Crippen LogP contribution < -0.4 is 4.74 Å². The molecule has 0 saturated heterocycles. The van der Waals surface area contributed by atoms with Gasteiger partial charge in [-0.05, 0) is 43.4 Å². The first-order chi connectivity index (χ1) is 10.6. The number of sulfonamides is 1. The third-order valence-electron chi connectivity index (χ3n) is 3.51. The summed E-state index contributed by atoms with van der Waals surface area (Å²) in [5.41, 5.74) is -0.362. The molecule has 0 bridgehead atoms. The predicted octanol–water partition coefficient (Wildman–Crippen LogP) is 2.56. The Labute approximate surface area is 135 Å². The molecule has 1 aromatic carbocycles. The number of halogens is 1. The van der Waals surface area contributed by atoms with E-state index in [0.717, 1.165) is 6.92 Å². The molecule has 128 valence electrons. The fourth-order valence-electron chi connectivity index (χ4n) is 2.54. The molecule has 0 aliphatic carbocycles. The van der Waals surface area contributed by atoms with E-state index < -0.39 is 33.5 Å². The normalized spacial score (nSPS) is 19.8. The zero-order valence-corrected chi connectivity index (χ0v) is 14.3. The lowest BCUT2D eigenvalue weighted by molar-refractivity contribution is -0.177. The van der Waals surface area contributed by atoms with Crippen molar-refractivity contribution in [2.24, 2.45) is 0 Å². The topological polar surface area (TPSA) is 72.9 Å². The van der Waals surface area contributed by atoms with Gasteiger partial charge in [0.1, 0.15) is 17.2 Å². The average molecular weight is 345 g/mol. The number of fused-ring (bicyclic) bond motifs is 1. The summed E-state index contributed by atoms with van der Waals surface area (Å²) >= 11 is 0. The highest BCUT2D eigenvalue weighted by Gasteiger charge is 2.43. The molecule has 0 N–H and O–H groups in total. The van der Waals surface area contributed by atoms with Crippen LogP contribution in [0.1, 0.15) is 45.7 Å². The first-order valence-electron chi connectivity index (χ1n) is 7.25. The van der Waals surface area contributed by atoms with Crippen molar-refractivity contribution in [1.29, 1.82) is 0 Å². The molecular formula is C15H20FNO5S. The Hall–Kier alpha value is -1.67. The number of hydrogen-bond acceptors (Lipinski definition) is 5. The van der Waals surface area contributed by atoms with Gasteiger partial charge in [0.25, 0.3) is 0 Å². The molecule has 23 heavy (non-hydrogen) atoms. The lowest BCUT2D eigenvalue weighted by Gasteiger charge is -2.40. The molecule has 1 aliphatic rings. The largest absolute Gasteiger partial charge is 0.487 e. The second-order valence-corrected chi connectivity index (χ2v) is 8.10. The van der Waals surface area contributed by atoms with Gasteiger partial charge in [-0.3, -0.25) is 4.79 Å². The van der Waals surface area contributed by atoms with E-state index in [9.17, 15) is 17.6 Å². The lowest BCUT2D eigenvalue weighted by Crippen LogP contribution is -2.44. The second-order valence-electron chi connectivity index (χ2n) is 6.00. The van der Waals surface area contributed by atoms with Crippen LogP contribution in [0, 0.1) is 5.82 Å². The molecule has 0 spiro atoms. The molecular weight excluding hydrogens is 325 g/mol. The Bertz CT molecular complexity index is 717. The van der Waals surface area contributed by atoms with Gasteiger partial charge >= 0.3 is 5.97 Å².